The zero-order valence-corrected chi connectivity index (χ0v) is 15.3. The molecule has 26 heavy (non-hydrogen) atoms. The predicted molar refractivity (Wildman–Crippen MR) is 98.5 cm³/mol. The lowest BCUT2D eigenvalue weighted by Gasteiger charge is -2.06. The van der Waals surface area contributed by atoms with E-state index < -0.39 is 0 Å². The molecule has 1 aromatic carbocycles. The average Bonchev–Trinajstić information content (AvgIpc) is 3.26. The minimum Gasteiger partial charge on any atom is -0.471 e. The van der Waals surface area contributed by atoms with Gasteiger partial charge in [0.05, 0.1) is 11.2 Å². The molecule has 2 heterocycles. The van der Waals surface area contributed by atoms with Crippen LogP contribution in [0.4, 0.5) is 0 Å². The number of carbonyl (C=O) groups excluding carboxylic acids is 1. The van der Waals surface area contributed by atoms with Crippen LogP contribution in [0.15, 0.2) is 48.9 Å². The third kappa shape index (κ3) is 5.24. The maximum atomic E-state index is 12.1. The van der Waals surface area contributed by atoms with E-state index in [1.807, 2.05) is 0 Å². The van der Waals surface area contributed by atoms with Crippen molar-refractivity contribution < 1.29 is 9.53 Å². The quantitative estimate of drug-likeness (QED) is 0.596. The molecule has 1 amide bonds. The molecule has 2 aromatic heterocycles. The Labute approximate surface area is 160 Å². The summed E-state index contributed by atoms with van der Waals surface area (Å²) in [6, 6.07) is 8.73. The van der Waals surface area contributed by atoms with Crippen molar-refractivity contribution in [3.05, 3.63) is 64.7 Å². The highest BCUT2D eigenvalue weighted by Gasteiger charge is 2.09. The van der Waals surface area contributed by atoms with E-state index in [0.717, 1.165) is 6.42 Å². The molecule has 0 spiro atoms. The largest absolute Gasteiger partial charge is 0.471 e. The van der Waals surface area contributed by atoms with E-state index in [4.69, 9.17) is 27.9 Å². The Kier molecular flexibility index (Phi) is 6.14. The van der Waals surface area contributed by atoms with Gasteiger partial charge in [0.15, 0.2) is 6.73 Å². The molecule has 0 aliphatic rings. The van der Waals surface area contributed by atoms with Gasteiger partial charge in [-0.25, -0.2) is 4.68 Å². The van der Waals surface area contributed by atoms with Crippen molar-refractivity contribution in [2.24, 2.45) is 0 Å². The Morgan fingerprint density at radius 3 is 2.85 bits per heavy atom. The Morgan fingerprint density at radius 2 is 2.08 bits per heavy atom. The first kappa shape index (κ1) is 18.3. The molecule has 0 bridgehead atoms. The van der Waals surface area contributed by atoms with Gasteiger partial charge in [-0.2, -0.15) is 10.2 Å². The van der Waals surface area contributed by atoms with Crippen LogP contribution in [0.5, 0.6) is 5.75 Å². The lowest BCUT2D eigenvalue weighted by Crippen LogP contribution is -2.26. The maximum absolute atomic E-state index is 12.1. The highest BCUT2D eigenvalue weighted by molar-refractivity contribution is 6.30. The number of hydrogen-bond donors (Lipinski definition) is 1. The summed E-state index contributed by atoms with van der Waals surface area (Å²) in [5, 5.41) is 12.3. The minimum absolute atomic E-state index is 0.188. The van der Waals surface area contributed by atoms with Crippen molar-refractivity contribution in [3.63, 3.8) is 0 Å². The zero-order valence-electron chi connectivity index (χ0n) is 13.8. The van der Waals surface area contributed by atoms with Crippen LogP contribution in [-0.4, -0.2) is 32.0 Å². The topological polar surface area (TPSA) is 74.0 Å². The van der Waals surface area contributed by atoms with E-state index >= 15 is 0 Å². The maximum Gasteiger partial charge on any atom is 0.271 e. The van der Waals surface area contributed by atoms with Gasteiger partial charge in [-0.1, -0.05) is 29.3 Å². The van der Waals surface area contributed by atoms with E-state index in [1.165, 1.54) is 0 Å². The van der Waals surface area contributed by atoms with Crippen LogP contribution in [0.2, 0.25) is 10.0 Å². The van der Waals surface area contributed by atoms with Gasteiger partial charge in [0.2, 0.25) is 0 Å². The Morgan fingerprint density at radius 1 is 1.19 bits per heavy atom. The normalized spacial score (nSPS) is 10.7. The molecule has 0 saturated heterocycles. The van der Waals surface area contributed by atoms with Gasteiger partial charge in [0, 0.05) is 30.5 Å². The Bertz CT molecular complexity index is 877. The first-order valence-electron chi connectivity index (χ1n) is 7.98. The predicted octanol–water partition coefficient (Wildman–Crippen LogP) is 3.24. The van der Waals surface area contributed by atoms with Crippen LogP contribution < -0.4 is 10.1 Å². The highest BCUT2D eigenvalue weighted by Crippen LogP contribution is 2.17. The average molecular weight is 394 g/mol. The summed E-state index contributed by atoms with van der Waals surface area (Å²) in [7, 11) is 0. The number of amides is 1. The molecule has 0 aliphatic carbocycles. The molecule has 0 saturated carbocycles. The standard InChI is InChI=1S/C17H17Cl2N5O2/c18-13-3-1-4-15(9-13)26-12-24-8-5-16(22-24)17(25)20-6-2-7-23-11-14(19)10-21-23/h1,3-5,8-11H,2,6-7,12H2,(H,20,25). The van der Waals surface area contributed by atoms with Crippen molar-refractivity contribution in [1.82, 2.24) is 24.9 Å². The third-order valence-corrected chi connectivity index (χ3v) is 3.91. The second-order valence-corrected chi connectivity index (χ2v) is 6.38. The van der Waals surface area contributed by atoms with E-state index in [2.05, 4.69) is 15.5 Å². The van der Waals surface area contributed by atoms with E-state index in [1.54, 1.807) is 58.3 Å². The summed E-state index contributed by atoms with van der Waals surface area (Å²) in [5.41, 5.74) is 0.335. The molecule has 0 fully saturated rings. The minimum atomic E-state index is -0.231. The molecular weight excluding hydrogens is 377 g/mol. The van der Waals surface area contributed by atoms with Crippen molar-refractivity contribution in [1.29, 1.82) is 0 Å². The van der Waals surface area contributed by atoms with Crippen molar-refractivity contribution >= 4 is 29.1 Å². The van der Waals surface area contributed by atoms with Crippen molar-refractivity contribution in [2.75, 3.05) is 6.54 Å². The van der Waals surface area contributed by atoms with Gasteiger partial charge in [0.1, 0.15) is 11.4 Å². The molecule has 9 heteroatoms. The second kappa shape index (κ2) is 8.73. The smallest absolute Gasteiger partial charge is 0.271 e. The first-order chi connectivity index (χ1) is 12.6. The van der Waals surface area contributed by atoms with Crippen LogP contribution in [-0.2, 0) is 13.3 Å². The van der Waals surface area contributed by atoms with Gasteiger partial charge in [0.25, 0.3) is 5.91 Å². The van der Waals surface area contributed by atoms with E-state index in [0.29, 0.717) is 34.6 Å². The molecular formula is C17H17Cl2N5O2. The molecule has 7 nitrogen and oxygen atoms in total. The summed E-state index contributed by atoms with van der Waals surface area (Å²) in [4.78, 5) is 12.1. The number of hydrogen-bond acceptors (Lipinski definition) is 4. The molecule has 0 atom stereocenters. The van der Waals surface area contributed by atoms with Crippen LogP contribution in [0.1, 0.15) is 16.9 Å². The van der Waals surface area contributed by atoms with E-state index in [-0.39, 0.29) is 12.6 Å². The zero-order chi connectivity index (χ0) is 18.4. The molecule has 3 aromatic rings. The number of nitrogens with one attached hydrogen (secondary N) is 1. The number of halogens is 2. The fourth-order valence-electron chi connectivity index (χ4n) is 2.25. The number of rotatable bonds is 8. The van der Waals surface area contributed by atoms with Gasteiger partial charge in [-0.15, -0.1) is 0 Å². The van der Waals surface area contributed by atoms with Crippen LogP contribution >= 0.6 is 23.2 Å². The summed E-state index contributed by atoms with van der Waals surface area (Å²) in [6.07, 6.45) is 5.75. The Balaban J connectivity index is 1.42. The van der Waals surface area contributed by atoms with Crippen LogP contribution in [0.3, 0.4) is 0 Å². The number of nitrogens with zero attached hydrogens (tertiary/aromatic N) is 4. The third-order valence-electron chi connectivity index (χ3n) is 3.48. The highest BCUT2D eigenvalue weighted by atomic mass is 35.5. The van der Waals surface area contributed by atoms with Gasteiger partial charge in [-0.3, -0.25) is 9.48 Å². The van der Waals surface area contributed by atoms with Crippen LogP contribution in [0, 0.1) is 0 Å². The number of carbonyl (C=O) groups is 1. The number of aromatic nitrogens is 4. The Hall–Kier alpha value is -2.51. The molecule has 1 N–H and O–H groups in total. The molecule has 0 radical (unpaired) electrons. The number of aryl methyl sites for hydroxylation is 1. The lowest BCUT2D eigenvalue weighted by molar-refractivity contribution is 0.0945. The second-order valence-electron chi connectivity index (χ2n) is 5.50. The fraction of sp³-hybridized carbons (Fsp3) is 0.235. The summed E-state index contributed by atoms with van der Waals surface area (Å²) < 4.78 is 8.86. The molecule has 0 unspecified atom stereocenters. The number of ether oxygens (including phenoxy) is 1. The molecule has 3 rings (SSSR count). The summed E-state index contributed by atoms with van der Waals surface area (Å²) in [6.45, 7) is 1.38. The molecule has 0 aliphatic heterocycles. The summed E-state index contributed by atoms with van der Waals surface area (Å²) in [5.74, 6) is 0.405. The first-order valence-corrected chi connectivity index (χ1v) is 8.74. The van der Waals surface area contributed by atoms with Gasteiger partial charge < -0.3 is 10.1 Å². The lowest BCUT2D eigenvalue weighted by atomic mass is 10.3. The van der Waals surface area contributed by atoms with Crippen molar-refractivity contribution in [3.8, 4) is 5.75 Å². The van der Waals surface area contributed by atoms with E-state index in [9.17, 15) is 4.79 Å². The fourth-order valence-corrected chi connectivity index (χ4v) is 2.58. The monoisotopic (exact) mass is 393 g/mol. The number of benzene rings is 1. The van der Waals surface area contributed by atoms with Crippen molar-refractivity contribution in [2.45, 2.75) is 19.7 Å². The summed E-state index contributed by atoms with van der Waals surface area (Å²) >= 11 is 11.7. The SMILES string of the molecule is O=C(NCCCn1cc(Cl)cn1)c1ccn(COc2cccc(Cl)c2)n1. The van der Waals surface area contributed by atoms with Crippen LogP contribution in [0.25, 0.3) is 0 Å². The molecule has 136 valence electrons. The van der Waals surface area contributed by atoms with Gasteiger partial charge >= 0.3 is 0 Å². The van der Waals surface area contributed by atoms with Gasteiger partial charge in [-0.05, 0) is 30.7 Å².